The first kappa shape index (κ1) is 15.3. The van der Waals surface area contributed by atoms with Gasteiger partial charge >= 0.3 is 0 Å². The maximum atomic E-state index is 13.6. The molecule has 0 aliphatic rings. The van der Waals surface area contributed by atoms with E-state index in [0.29, 0.717) is 22.8 Å². The molecule has 0 aliphatic carbocycles. The van der Waals surface area contributed by atoms with Crippen LogP contribution in [0.25, 0.3) is 0 Å². The van der Waals surface area contributed by atoms with Crippen molar-refractivity contribution in [1.82, 2.24) is 0 Å². The van der Waals surface area contributed by atoms with Crippen LogP contribution < -0.4 is 5.73 Å². The lowest BCUT2D eigenvalue weighted by Crippen LogP contribution is -2.26. The molecule has 0 bridgehead atoms. The average molecular weight is 314 g/mol. The van der Waals surface area contributed by atoms with Crippen LogP contribution in [0.2, 0.25) is 5.02 Å². The Bertz CT molecular complexity index is 592. The lowest BCUT2D eigenvalue weighted by molar-refractivity contribution is 0.597. The van der Waals surface area contributed by atoms with Crippen molar-refractivity contribution in [2.24, 2.45) is 5.73 Å². The second-order valence-corrected chi connectivity index (χ2v) is 6.00. The highest BCUT2D eigenvalue weighted by Gasteiger charge is 2.09. The minimum absolute atomic E-state index is 0.209. The van der Waals surface area contributed by atoms with Crippen molar-refractivity contribution in [2.45, 2.75) is 17.4 Å². The molecule has 0 fully saturated rings. The summed E-state index contributed by atoms with van der Waals surface area (Å²) in [5.41, 5.74) is 6.53. The minimum atomic E-state index is -0.344. The molecule has 1 nitrogen and oxygen atoms in total. The molecule has 0 aromatic heterocycles. The van der Waals surface area contributed by atoms with E-state index < -0.39 is 0 Å². The van der Waals surface area contributed by atoms with E-state index in [1.165, 1.54) is 30.0 Å². The van der Waals surface area contributed by atoms with Gasteiger partial charge < -0.3 is 5.73 Å². The maximum absolute atomic E-state index is 13.6. The number of hydrogen-bond acceptors (Lipinski definition) is 2. The van der Waals surface area contributed by atoms with Crippen LogP contribution in [0.15, 0.2) is 47.4 Å². The van der Waals surface area contributed by atoms with Crippen molar-refractivity contribution >= 4 is 23.4 Å². The molecule has 0 spiro atoms. The Labute approximate surface area is 126 Å². The summed E-state index contributed by atoms with van der Waals surface area (Å²) in [6.07, 6.45) is 0.422. The van der Waals surface area contributed by atoms with Crippen molar-refractivity contribution in [2.75, 3.05) is 5.75 Å². The van der Waals surface area contributed by atoms with Crippen LogP contribution >= 0.6 is 23.4 Å². The van der Waals surface area contributed by atoms with Gasteiger partial charge in [-0.1, -0.05) is 23.7 Å². The van der Waals surface area contributed by atoms with E-state index in [4.69, 9.17) is 17.3 Å². The molecule has 0 heterocycles. The fourth-order valence-corrected chi connectivity index (χ4v) is 2.84. The van der Waals surface area contributed by atoms with E-state index in [9.17, 15) is 8.78 Å². The maximum Gasteiger partial charge on any atom is 0.127 e. The molecule has 1 unspecified atom stereocenters. The van der Waals surface area contributed by atoms with Gasteiger partial charge in [0.25, 0.3) is 0 Å². The quantitative estimate of drug-likeness (QED) is 0.834. The van der Waals surface area contributed by atoms with Crippen molar-refractivity contribution in [3.05, 3.63) is 64.7 Å². The Morgan fingerprint density at radius 2 is 1.95 bits per heavy atom. The number of halogens is 3. The second-order valence-electron chi connectivity index (χ2n) is 4.47. The summed E-state index contributed by atoms with van der Waals surface area (Å²) in [5.74, 6) is -0.0260. The molecule has 0 saturated heterocycles. The van der Waals surface area contributed by atoms with Crippen molar-refractivity contribution in [1.29, 1.82) is 0 Å². The van der Waals surface area contributed by atoms with E-state index in [0.717, 1.165) is 4.90 Å². The van der Waals surface area contributed by atoms with Crippen molar-refractivity contribution < 1.29 is 8.78 Å². The molecule has 20 heavy (non-hydrogen) atoms. The Balaban J connectivity index is 1.90. The largest absolute Gasteiger partial charge is 0.327 e. The number of nitrogens with two attached hydrogens (primary N) is 1. The third-order valence-electron chi connectivity index (χ3n) is 2.76. The standard InChI is InChI=1S/C15H14ClF2NS/c16-11-5-4-10(15(18)7-11)6-13(19)9-20-14-3-1-2-12(17)8-14/h1-5,7-8,13H,6,9,19H2. The molecule has 0 radical (unpaired) electrons. The highest BCUT2D eigenvalue weighted by molar-refractivity contribution is 7.99. The Morgan fingerprint density at radius 1 is 1.15 bits per heavy atom. The summed E-state index contributed by atoms with van der Waals surface area (Å²) in [4.78, 5) is 0.817. The molecule has 2 rings (SSSR count). The van der Waals surface area contributed by atoms with Crippen LogP contribution in [0, 0.1) is 11.6 Å². The normalized spacial score (nSPS) is 12.4. The molecular formula is C15H14ClF2NS. The van der Waals surface area contributed by atoms with Gasteiger partial charge in [0.1, 0.15) is 11.6 Å². The Hall–Kier alpha value is -1.10. The highest BCUT2D eigenvalue weighted by atomic mass is 35.5. The zero-order valence-corrected chi connectivity index (χ0v) is 12.2. The van der Waals surface area contributed by atoms with Gasteiger partial charge in [-0.2, -0.15) is 0 Å². The SMILES string of the molecule is NC(CSc1cccc(F)c1)Cc1ccc(Cl)cc1F. The molecule has 0 saturated carbocycles. The third-order valence-corrected chi connectivity index (χ3v) is 4.17. The number of hydrogen-bond donors (Lipinski definition) is 1. The lowest BCUT2D eigenvalue weighted by Gasteiger charge is -2.12. The summed E-state index contributed by atoms with van der Waals surface area (Å²) >= 11 is 7.16. The second kappa shape index (κ2) is 7.07. The van der Waals surface area contributed by atoms with Crippen LogP contribution in [0.5, 0.6) is 0 Å². The molecular weight excluding hydrogens is 300 g/mol. The van der Waals surface area contributed by atoms with E-state index in [1.54, 1.807) is 18.2 Å². The van der Waals surface area contributed by atoms with Gasteiger partial charge in [0, 0.05) is 21.7 Å². The molecule has 5 heteroatoms. The van der Waals surface area contributed by atoms with Gasteiger partial charge in [-0.05, 0) is 42.3 Å². The van der Waals surface area contributed by atoms with E-state index in [2.05, 4.69) is 0 Å². The van der Waals surface area contributed by atoms with E-state index in [-0.39, 0.29) is 17.7 Å². The van der Waals surface area contributed by atoms with E-state index >= 15 is 0 Å². The summed E-state index contributed by atoms with van der Waals surface area (Å²) in [7, 11) is 0. The molecule has 0 amide bonds. The molecule has 0 aliphatic heterocycles. The molecule has 1 atom stereocenters. The summed E-state index contributed by atoms with van der Waals surface area (Å²) in [5, 5.41) is 0.369. The first-order valence-corrected chi connectivity index (χ1v) is 7.49. The predicted octanol–water partition coefficient (Wildman–Crippen LogP) is 4.28. The molecule has 2 aromatic rings. The fourth-order valence-electron chi connectivity index (χ4n) is 1.79. The van der Waals surface area contributed by atoms with Crippen LogP contribution in [0.4, 0.5) is 8.78 Å². The zero-order valence-electron chi connectivity index (χ0n) is 10.7. The van der Waals surface area contributed by atoms with Gasteiger partial charge in [-0.3, -0.25) is 0 Å². The Morgan fingerprint density at radius 3 is 2.65 bits per heavy atom. The predicted molar refractivity (Wildman–Crippen MR) is 80.2 cm³/mol. The van der Waals surface area contributed by atoms with Gasteiger partial charge in [-0.25, -0.2) is 8.78 Å². The van der Waals surface area contributed by atoms with Crippen molar-refractivity contribution in [3.63, 3.8) is 0 Å². The first-order valence-electron chi connectivity index (χ1n) is 6.12. The van der Waals surface area contributed by atoms with Gasteiger partial charge in [0.05, 0.1) is 0 Å². The van der Waals surface area contributed by atoms with Gasteiger partial charge in [0.2, 0.25) is 0 Å². The number of thioether (sulfide) groups is 1. The summed E-state index contributed by atoms with van der Waals surface area (Å²) in [6.45, 7) is 0. The van der Waals surface area contributed by atoms with E-state index in [1.807, 2.05) is 6.07 Å². The highest BCUT2D eigenvalue weighted by Crippen LogP contribution is 2.21. The molecule has 2 aromatic carbocycles. The fraction of sp³-hybridized carbons (Fsp3) is 0.200. The topological polar surface area (TPSA) is 26.0 Å². The number of benzene rings is 2. The van der Waals surface area contributed by atoms with Crippen molar-refractivity contribution in [3.8, 4) is 0 Å². The van der Waals surface area contributed by atoms with Gasteiger partial charge in [-0.15, -0.1) is 11.8 Å². The minimum Gasteiger partial charge on any atom is -0.327 e. The Kier molecular flexibility index (Phi) is 5.40. The van der Waals surface area contributed by atoms with Crippen LogP contribution in [0.1, 0.15) is 5.56 Å². The average Bonchev–Trinajstić information content (AvgIpc) is 2.40. The first-order chi connectivity index (χ1) is 9.54. The van der Waals surface area contributed by atoms with Gasteiger partial charge in [0.15, 0.2) is 0 Å². The summed E-state index contributed by atoms with van der Waals surface area (Å²) < 4.78 is 26.7. The third kappa shape index (κ3) is 4.47. The number of rotatable bonds is 5. The monoisotopic (exact) mass is 313 g/mol. The summed E-state index contributed by atoms with van der Waals surface area (Å²) in [6, 6.07) is 10.7. The van der Waals surface area contributed by atoms with Crippen LogP contribution in [-0.4, -0.2) is 11.8 Å². The van der Waals surface area contributed by atoms with Crippen LogP contribution in [-0.2, 0) is 6.42 Å². The van der Waals surface area contributed by atoms with Crippen LogP contribution in [0.3, 0.4) is 0 Å². The lowest BCUT2D eigenvalue weighted by atomic mass is 10.1. The molecule has 106 valence electrons. The smallest absolute Gasteiger partial charge is 0.127 e. The molecule has 2 N–H and O–H groups in total. The zero-order chi connectivity index (χ0) is 14.5.